The van der Waals surface area contributed by atoms with E-state index < -0.39 is 36.3 Å². The van der Waals surface area contributed by atoms with Gasteiger partial charge in [-0.2, -0.15) is 13.2 Å². The zero-order valence-electron chi connectivity index (χ0n) is 14.9. The Labute approximate surface area is 154 Å². The molecule has 0 aliphatic rings. The number of benzene rings is 1. The van der Waals surface area contributed by atoms with Crippen LogP contribution in [-0.4, -0.2) is 31.1 Å². The molecule has 0 fully saturated rings. The van der Waals surface area contributed by atoms with Crippen LogP contribution in [0.3, 0.4) is 0 Å². The van der Waals surface area contributed by atoms with Crippen LogP contribution in [0.15, 0.2) is 30.3 Å². The first-order valence-electron chi connectivity index (χ1n) is 8.17. The SMILES string of the molecule is CC(C)CCNC(=O)NC(=O)COC(=O)/C=C/c1cccc(C(F)(F)F)c1. The lowest BCUT2D eigenvalue weighted by molar-refractivity contribution is -0.143. The van der Waals surface area contributed by atoms with Gasteiger partial charge in [-0.05, 0) is 36.1 Å². The van der Waals surface area contributed by atoms with E-state index in [4.69, 9.17) is 0 Å². The molecule has 0 bridgehead atoms. The largest absolute Gasteiger partial charge is 0.452 e. The molecule has 1 rings (SSSR count). The molecule has 1 aromatic rings. The van der Waals surface area contributed by atoms with Gasteiger partial charge in [-0.1, -0.05) is 26.0 Å². The summed E-state index contributed by atoms with van der Waals surface area (Å²) in [5, 5.41) is 4.47. The first-order chi connectivity index (χ1) is 12.6. The van der Waals surface area contributed by atoms with Crippen LogP contribution in [0.1, 0.15) is 31.4 Å². The van der Waals surface area contributed by atoms with Crippen LogP contribution in [-0.2, 0) is 20.5 Å². The van der Waals surface area contributed by atoms with E-state index in [0.29, 0.717) is 12.5 Å². The minimum atomic E-state index is -4.49. The highest BCUT2D eigenvalue weighted by atomic mass is 19.4. The van der Waals surface area contributed by atoms with Crippen molar-refractivity contribution in [1.29, 1.82) is 0 Å². The van der Waals surface area contributed by atoms with Gasteiger partial charge in [0.15, 0.2) is 6.61 Å². The van der Waals surface area contributed by atoms with Gasteiger partial charge in [0.05, 0.1) is 5.56 Å². The second-order valence-corrected chi connectivity index (χ2v) is 6.05. The molecule has 0 unspecified atom stereocenters. The number of carbonyl (C=O) groups excluding carboxylic acids is 3. The van der Waals surface area contributed by atoms with E-state index in [1.165, 1.54) is 12.1 Å². The van der Waals surface area contributed by atoms with E-state index in [1.807, 2.05) is 19.2 Å². The Morgan fingerprint density at radius 2 is 1.93 bits per heavy atom. The number of ether oxygens (including phenoxy) is 1. The highest BCUT2D eigenvalue weighted by Crippen LogP contribution is 2.29. The van der Waals surface area contributed by atoms with Crippen LogP contribution in [0.2, 0.25) is 0 Å². The Hall–Kier alpha value is -2.84. The third-order valence-corrected chi connectivity index (χ3v) is 3.23. The molecule has 2 N–H and O–H groups in total. The molecular formula is C18H21F3N2O4. The van der Waals surface area contributed by atoms with Gasteiger partial charge in [0.1, 0.15) is 0 Å². The number of hydrogen-bond acceptors (Lipinski definition) is 4. The molecule has 3 amide bonds. The van der Waals surface area contributed by atoms with E-state index in [1.54, 1.807) is 0 Å². The molecule has 0 spiro atoms. The predicted molar refractivity (Wildman–Crippen MR) is 92.4 cm³/mol. The maximum atomic E-state index is 12.6. The van der Waals surface area contributed by atoms with Crippen LogP contribution in [0.25, 0.3) is 6.08 Å². The van der Waals surface area contributed by atoms with Crippen molar-refractivity contribution in [2.75, 3.05) is 13.2 Å². The number of hydrogen-bond donors (Lipinski definition) is 2. The number of halogens is 3. The van der Waals surface area contributed by atoms with Crippen molar-refractivity contribution < 1.29 is 32.3 Å². The lowest BCUT2D eigenvalue weighted by atomic mass is 10.1. The van der Waals surface area contributed by atoms with Gasteiger partial charge >= 0.3 is 18.2 Å². The normalized spacial score (nSPS) is 11.5. The summed E-state index contributed by atoms with van der Waals surface area (Å²) in [6, 6.07) is 3.67. The zero-order chi connectivity index (χ0) is 20.4. The number of nitrogens with one attached hydrogen (secondary N) is 2. The smallest absolute Gasteiger partial charge is 0.416 e. The summed E-state index contributed by atoms with van der Waals surface area (Å²) >= 11 is 0. The van der Waals surface area contributed by atoms with E-state index in [2.05, 4.69) is 10.1 Å². The summed E-state index contributed by atoms with van der Waals surface area (Å²) < 4.78 is 42.4. The zero-order valence-corrected chi connectivity index (χ0v) is 14.9. The van der Waals surface area contributed by atoms with Gasteiger partial charge in [0, 0.05) is 12.6 Å². The van der Waals surface area contributed by atoms with E-state index in [0.717, 1.165) is 30.7 Å². The topological polar surface area (TPSA) is 84.5 Å². The van der Waals surface area contributed by atoms with Crippen molar-refractivity contribution >= 4 is 24.0 Å². The average molecular weight is 386 g/mol. The van der Waals surface area contributed by atoms with Gasteiger partial charge < -0.3 is 10.1 Å². The van der Waals surface area contributed by atoms with E-state index in [9.17, 15) is 27.6 Å². The van der Waals surface area contributed by atoms with Gasteiger partial charge in [-0.25, -0.2) is 9.59 Å². The molecule has 0 aromatic heterocycles. The van der Waals surface area contributed by atoms with Gasteiger partial charge in [-0.15, -0.1) is 0 Å². The minimum absolute atomic E-state index is 0.149. The van der Waals surface area contributed by atoms with Crippen LogP contribution < -0.4 is 10.6 Å². The van der Waals surface area contributed by atoms with Gasteiger partial charge in [0.25, 0.3) is 5.91 Å². The average Bonchev–Trinajstić information content (AvgIpc) is 2.57. The molecule has 27 heavy (non-hydrogen) atoms. The Kier molecular flexibility index (Phi) is 8.50. The first-order valence-corrected chi connectivity index (χ1v) is 8.17. The van der Waals surface area contributed by atoms with Crippen molar-refractivity contribution in [1.82, 2.24) is 10.6 Å². The van der Waals surface area contributed by atoms with Crippen molar-refractivity contribution in [3.63, 3.8) is 0 Å². The minimum Gasteiger partial charge on any atom is -0.452 e. The lowest BCUT2D eigenvalue weighted by Gasteiger charge is -2.08. The number of esters is 1. The third kappa shape index (κ3) is 9.43. The molecule has 9 heteroatoms. The third-order valence-electron chi connectivity index (χ3n) is 3.23. The fourth-order valence-corrected chi connectivity index (χ4v) is 1.85. The quantitative estimate of drug-likeness (QED) is 0.557. The molecular weight excluding hydrogens is 365 g/mol. The van der Waals surface area contributed by atoms with Crippen molar-refractivity contribution in [2.24, 2.45) is 5.92 Å². The molecule has 1 aromatic carbocycles. The summed E-state index contributed by atoms with van der Waals surface area (Å²) in [6.07, 6.45) is -1.71. The molecule has 0 aliphatic heterocycles. The van der Waals surface area contributed by atoms with Crippen LogP contribution >= 0.6 is 0 Å². The highest BCUT2D eigenvalue weighted by molar-refractivity contribution is 5.96. The van der Waals surface area contributed by atoms with Crippen LogP contribution in [0.5, 0.6) is 0 Å². The maximum Gasteiger partial charge on any atom is 0.416 e. The number of carbonyl (C=O) groups is 3. The van der Waals surface area contributed by atoms with Crippen LogP contribution in [0, 0.1) is 5.92 Å². The molecule has 0 saturated carbocycles. The molecule has 0 atom stereocenters. The molecule has 0 radical (unpaired) electrons. The Morgan fingerprint density at radius 3 is 2.56 bits per heavy atom. The summed E-state index contributed by atoms with van der Waals surface area (Å²) in [6.45, 7) is 3.67. The number of amides is 3. The second kappa shape index (κ2) is 10.3. The standard InChI is InChI=1S/C18H21F3N2O4/c1-12(2)8-9-22-17(26)23-15(24)11-27-16(25)7-6-13-4-3-5-14(10-13)18(19,20)21/h3-7,10,12H,8-9,11H2,1-2H3,(H2,22,23,24,26)/b7-6+. The van der Waals surface area contributed by atoms with Crippen LogP contribution in [0.4, 0.5) is 18.0 Å². The molecule has 0 saturated heterocycles. The molecule has 0 heterocycles. The van der Waals surface area contributed by atoms with Gasteiger partial charge in [-0.3, -0.25) is 10.1 Å². The maximum absolute atomic E-state index is 12.6. The fourth-order valence-electron chi connectivity index (χ4n) is 1.85. The second-order valence-electron chi connectivity index (χ2n) is 6.05. The number of urea groups is 1. The van der Waals surface area contributed by atoms with Crippen molar-refractivity contribution in [2.45, 2.75) is 26.4 Å². The highest BCUT2D eigenvalue weighted by Gasteiger charge is 2.30. The summed E-state index contributed by atoms with van der Waals surface area (Å²) in [5.41, 5.74) is -0.698. The lowest BCUT2D eigenvalue weighted by Crippen LogP contribution is -2.41. The van der Waals surface area contributed by atoms with Crippen molar-refractivity contribution in [3.05, 3.63) is 41.5 Å². The summed E-state index contributed by atoms with van der Waals surface area (Å²) in [4.78, 5) is 34.4. The van der Waals surface area contributed by atoms with Gasteiger partial charge in [0.2, 0.25) is 0 Å². The van der Waals surface area contributed by atoms with Crippen molar-refractivity contribution in [3.8, 4) is 0 Å². The fraction of sp³-hybridized carbons (Fsp3) is 0.389. The first kappa shape index (κ1) is 22.2. The number of rotatable bonds is 7. The Morgan fingerprint density at radius 1 is 1.22 bits per heavy atom. The Bertz CT molecular complexity index is 700. The van der Waals surface area contributed by atoms with E-state index >= 15 is 0 Å². The molecule has 148 valence electrons. The number of imide groups is 1. The molecule has 0 aliphatic carbocycles. The monoisotopic (exact) mass is 386 g/mol. The predicted octanol–water partition coefficient (Wildman–Crippen LogP) is 3.13. The summed E-state index contributed by atoms with van der Waals surface area (Å²) in [5.74, 6) is -1.36. The Balaban J connectivity index is 2.41. The summed E-state index contributed by atoms with van der Waals surface area (Å²) in [7, 11) is 0. The number of alkyl halides is 3. The molecule has 6 nitrogen and oxygen atoms in total. The van der Waals surface area contributed by atoms with E-state index in [-0.39, 0.29) is 5.56 Å².